The maximum atomic E-state index is 13.3. The molecule has 1 aliphatic rings. The maximum Gasteiger partial charge on any atom is 0.263 e. The number of ether oxygens (including phenoxy) is 1. The minimum atomic E-state index is -3.98. The molecular weight excluding hydrogens is 460 g/mol. The minimum absolute atomic E-state index is 0.0147. The van der Waals surface area contributed by atoms with Gasteiger partial charge in [-0.25, -0.2) is 25.6 Å². The highest BCUT2D eigenvalue weighted by atomic mass is 35.5. The van der Waals surface area contributed by atoms with Crippen LogP contribution >= 0.6 is 11.6 Å². The lowest BCUT2D eigenvalue weighted by Gasteiger charge is -2.37. The summed E-state index contributed by atoms with van der Waals surface area (Å²) in [4.78, 5) is 3.85. The van der Waals surface area contributed by atoms with Crippen molar-refractivity contribution in [3.63, 3.8) is 0 Å². The van der Waals surface area contributed by atoms with Crippen LogP contribution in [0.1, 0.15) is 43.6 Å². The summed E-state index contributed by atoms with van der Waals surface area (Å²) in [6, 6.07) is 5.99. The molecule has 2 aromatic rings. The van der Waals surface area contributed by atoms with Crippen molar-refractivity contribution < 1.29 is 30.4 Å². The molecule has 11 heteroatoms. The van der Waals surface area contributed by atoms with Crippen molar-refractivity contribution in [1.29, 1.82) is 0 Å². The number of benzene rings is 1. The third kappa shape index (κ3) is 4.37. The lowest BCUT2D eigenvalue weighted by Crippen LogP contribution is -2.42. The molecule has 0 radical (unpaired) electrons. The number of sulfone groups is 2. The standard InChI is InChI=1S/C19H20ClF2NO5S2/c1-19(30(26,27)13-5-3-4-12(8-13)18(21)22)6-7-28-16(10-19)17-15(20)9-14(11-23-17)29(2,24)25/h3-5,8-9,11,16,18H,6-7,10H2,1-2H3. The Morgan fingerprint density at radius 2 is 1.90 bits per heavy atom. The summed E-state index contributed by atoms with van der Waals surface area (Å²) in [7, 11) is -7.49. The normalized spacial score (nSPS) is 22.9. The van der Waals surface area contributed by atoms with Crippen LogP contribution in [-0.2, 0) is 24.4 Å². The largest absolute Gasteiger partial charge is 0.372 e. The van der Waals surface area contributed by atoms with Crippen LogP contribution in [0.5, 0.6) is 0 Å². The minimum Gasteiger partial charge on any atom is -0.372 e. The fourth-order valence-corrected chi connectivity index (χ4v) is 6.13. The van der Waals surface area contributed by atoms with Gasteiger partial charge in [0.2, 0.25) is 0 Å². The molecule has 0 saturated carbocycles. The first-order chi connectivity index (χ1) is 13.8. The third-order valence-corrected chi connectivity index (χ3v) is 9.14. The van der Waals surface area contributed by atoms with Crippen molar-refractivity contribution in [2.24, 2.45) is 0 Å². The molecule has 1 saturated heterocycles. The van der Waals surface area contributed by atoms with Crippen molar-refractivity contribution in [3.05, 3.63) is 52.8 Å². The molecule has 0 aliphatic carbocycles. The predicted molar refractivity (Wildman–Crippen MR) is 107 cm³/mol. The maximum absolute atomic E-state index is 13.3. The highest BCUT2D eigenvalue weighted by molar-refractivity contribution is 7.92. The lowest BCUT2D eigenvalue weighted by atomic mass is 9.94. The number of rotatable bonds is 5. The molecule has 0 N–H and O–H groups in total. The zero-order valence-electron chi connectivity index (χ0n) is 16.2. The van der Waals surface area contributed by atoms with Gasteiger partial charge in [-0.2, -0.15) is 0 Å². The van der Waals surface area contributed by atoms with E-state index in [0.29, 0.717) is 0 Å². The summed E-state index contributed by atoms with van der Waals surface area (Å²) in [6.07, 6.45) is -1.27. The Hall–Kier alpha value is -1.62. The van der Waals surface area contributed by atoms with E-state index in [-0.39, 0.29) is 45.5 Å². The van der Waals surface area contributed by atoms with E-state index in [1.807, 2.05) is 0 Å². The number of pyridine rings is 1. The molecular formula is C19H20ClF2NO5S2. The van der Waals surface area contributed by atoms with E-state index in [9.17, 15) is 25.6 Å². The molecule has 3 rings (SSSR count). The molecule has 1 aromatic heterocycles. The van der Waals surface area contributed by atoms with E-state index in [1.165, 1.54) is 31.2 Å². The monoisotopic (exact) mass is 479 g/mol. The van der Waals surface area contributed by atoms with Crippen molar-refractivity contribution in [1.82, 2.24) is 4.98 Å². The first kappa shape index (κ1) is 23.1. The molecule has 2 heterocycles. The zero-order valence-corrected chi connectivity index (χ0v) is 18.6. The second kappa shape index (κ2) is 8.14. The summed E-state index contributed by atoms with van der Waals surface area (Å²) in [5, 5.41) is 0.0456. The van der Waals surface area contributed by atoms with Gasteiger partial charge in [0.1, 0.15) is 6.10 Å². The van der Waals surface area contributed by atoms with E-state index < -0.39 is 37.0 Å². The van der Waals surface area contributed by atoms with Gasteiger partial charge in [0.25, 0.3) is 6.43 Å². The van der Waals surface area contributed by atoms with Crippen LogP contribution in [-0.4, -0.2) is 39.4 Å². The van der Waals surface area contributed by atoms with Crippen LogP contribution in [0.25, 0.3) is 0 Å². The van der Waals surface area contributed by atoms with E-state index in [2.05, 4.69) is 4.98 Å². The molecule has 2 unspecified atom stereocenters. The molecule has 6 nitrogen and oxygen atoms in total. The highest BCUT2D eigenvalue weighted by Gasteiger charge is 2.46. The molecule has 1 aromatic carbocycles. The van der Waals surface area contributed by atoms with Crippen LogP contribution in [0.4, 0.5) is 8.78 Å². The van der Waals surface area contributed by atoms with Gasteiger partial charge in [-0.1, -0.05) is 23.7 Å². The Kier molecular flexibility index (Phi) is 6.26. The van der Waals surface area contributed by atoms with Gasteiger partial charge in [-0.05, 0) is 38.0 Å². The van der Waals surface area contributed by atoms with Crippen molar-refractivity contribution in [2.75, 3.05) is 12.9 Å². The van der Waals surface area contributed by atoms with Gasteiger partial charge in [0, 0.05) is 24.6 Å². The second-order valence-electron chi connectivity index (χ2n) is 7.45. The Morgan fingerprint density at radius 3 is 2.50 bits per heavy atom. The fourth-order valence-electron chi connectivity index (χ4n) is 3.36. The molecule has 164 valence electrons. The van der Waals surface area contributed by atoms with Gasteiger partial charge in [-0.3, -0.25) is 4.98 Å². The quantitative estimate of drug-likeness (QED) is 0.639. The fraction of sp³-hybridized carbons (Fsp3) is 0.421. The Morgan fingerprint density at radius 1 is 1.20 bits per heavy atom. The summed E-state index contributed by atoms with van der Waals surface area (Å²) in [5.74, 6) is 0. The zero-order chi connectivity index (χ0) is 22.3. The Bertz CT molecular complexity index is 1170. The molecule has 2 atom stereocenters. The van der Waals surface area contributed by atoms with Crippen molar-refractivity contribution in [2.45, 2.75) is 46.8 Å². The smallest absolute Gasteiger partial charge is 0.263 e. The number of hydrogen-bond donors (Lipinski definition) is 0. The second-order valence-corrected chi connectivity index (χ2v) is 12.3. The van der Waals surface area contributed by atoms with Crippen LogP contribution in [0.15, 0.2) is 46.3 Å². The molecule has 1 aliphatic heterocycles. The first-order valence-electron chi connectivity index (χ1n) is 8.95. The van der Waals surface area contributed by atoms with Crippen molar-refractivity contribution >= 4 is 31.3 Å². The average molecular weight is 480 g/mol. The average Bonchev–Trinajstić information content (AvgIpc) is 2.67. The number of halogens is 3. The lowest BCUT2D eigenvalue weighted by molar-refractivity contribution is -0.00217. The topological polar surface area (TPSA) is 90.4 Å². The van der Waals surface area contributed by atoms with Crippen LogP contribution < -0.4 is 0 Å². The number of aromatic nitrogens is 1. The SMILES string of the molecule is CC1(S(=O)(=O)c2cccc(C(F)F)c2)CCOC(c2ncc(S(C)(=O)=O)cc2Cl)C1. The van der Waals surface area contributed by atoms with Crippen LogP contribution in [0, 0.1) is 0 Å². The van der Waals surface area contributed by atoms with E-state index in [1.54, 1.807) is 0 Å². The van der Waals surface area contributed by atoms with Gasteiger partial charge in [0.05, 0.1) is 25.3 Å². The third-order valence-electron chi connectivity index (χ3n) is 5.21. The predicted octanol–water partition coefficient (Wildman–Crippen LogP) is 4.16. The Balaban J connectivity index is 1.96. The van der Waals surface area contributed by atoms with Crippen molar-refractivity contribution in [3.8, 4) is 0 Å². The Labute approximate surface area is 179 Å². The molecule has 0 bridgehead atoms. The van der Waals surface area contributed by atoms with E-state index in [0.717, 1.165) is 18.5 Å². The van der Waals surface area contributed by atoms with E-state index >= 15 is 0 Å². The van der Waals surface area contributed by atoms with Gasteiger partial charge >= 0.3 is 0 Å². The van der Waals surface area contributed by atoms with Gasteiger partial charge in [0.15, 0.2) is 19.7 Å². The highest BCUT2D eigenvalue weighted by Crippen LogP contribution is 2.43. The molecule has 0 spiro atoms. The summed E-state index contributed by atoms with van der Waals surface area (Å²) in [5.41, 5.74) is -0.143. The van der Waals surface area contributed by atoms with Crippen LogP contribution in [0.3, 0.4) is 0 Å². The first-order valence-corrected chi connectivity index (χ1v) is 12.7. The molecule has 0 amide bonds. The molecule has 1 fully saturated rings. The van der Waals surface area contributed by atoms with E-state index in [4.69, 9.17) is 16.3 Å². The number of hydrogen-bond acceptors (Lipinski definition) is 6. The number of nitrogens with zero attached hydrogens (tertiary/aromatic N) is 1. The number of alkyl halides is 2. The van der Waals surface area contributed by atoms with Gasteiger partial charge < -0.3 is 4.74 Å². The summed E-state index contributed by atoms with van der Waals surface area (Å²) < 4.78 is 80.4. The summed E-state index contributed by atoms with van der Waals surface area (Å²) >= 11 is 6.21. The van der Waals surface area contributed by atoms with Crippen LogP contribution in [0.2, 0.25) is 5.02 Å². The molecule has 30 heavy (non-hydrogen) atoms. The summed E-state index contributed by atoms with van der Waals surface area (Å²) in [6.45, 7) is 1.62. The van der Waals surface area contributed by atoms with Gasteiger partial charge in [-0.15, -0.1) is 0 Å².